The Morgan fingerprint density at radius 3 is 1.39 bits per heavy atom. The lowest BCUT2D eigenvalue weighted by molar-refractivity contribution is -0.161. The Bertz CT molecular complexity index is 1110. The molecule has 0 aromatic carbocycles. The van der Waals surface area contributed by atoms with Gasteiger partial charge in [-0.1, -0.05) is 204 Å². The zero-order valence-corrected chi connectivity index (χ0v) is 38.9. The number of unbranched alkanes of at least 4 members (excludes halogenated alkanes) is 24. The minimum atomic E-state index is -4.39. The summed E-state index contributed by atoms with van der Waals surface area (Å²) in [5.41, 5.74) is 5.36. The van der Waals surface area contributed by atoms with Gasteiger partial charge < -0.3 is 20.1 Å². The third-order valence-corrected chi connectivity index (χ3v) is 11.2. The van der Waals surface area contributed by atoms with E-state index in [1.54, 1.807) is 0 Å². The number of phosphoric ester groups is 1. The number of allylic oxidation sites excluding steroid dienone is 8. The average Bonchev–Trinajstić information content (AvgIpc) is 3.22. The molecule has 3 N–H and O–H groups in total. The van der Waals surface area contributed by atoms with Crippen molar-refractivity contribution in [3.05, 3.63) is 48.6 Å². The molecule has 0 radical (unpaired) electrons. The van der Waals surface area contributed by atoms with Gasteiger partial charge >= 0.3 is 19.8 Å². The molecule has 0 bridgehead atoms. The summed E-state index contributed by atoms with van der Waals surface area (Å²) in [5.74, 6) is -0.850. The quantitative estimate of drug-likeness (QED) is 0.0266. The number of ether oxygens (including phenoxy) is 2. The van der Waals surface area contributed by atoms with Gasteiger partial charge in [-0.15, -0.1) is 0 Å². The van der Waals surface area contributed by atoms with Crippen LogP contribution in [0.15, 0.2) is 48.6 Å². The molecule has 59 heavy (non-hydrogen) atoms. The molecule has 0 aromatic heterocycles. The second-order valence-corrected chi connectivity index (χ2v) is 17.4. The molecular weight excluding hydrogens is 762 g/mol. The molecule has 2 atom stereocenters. The lowest BCUT2D eigenvalue weighted by Crippen LogP contribution is -2.29. The SMILES string of the molecule is CC/C=C\C/C=C\C/C=C\C/C=C\CCCCCCC(=O)OC[C@H](COP(=O)(O)OCCN)OC(=O)CCCCCCCCCCCCCCCCCCCCCCC. The number of carbonyl (C=O) groups excluding carboxylic acids is 2. The fourth-order valence-corrected chi connectivity index (χ4v) is 7.45. The molecule has 0 aromatic rings. The van der Waals surface area contributed by atoms with Crippen molar-refractivity contribution in [1.29, 1.82) is 0 Å². The molecule has 0 aliphatic carbocycles. The molecule has 0 amide bonds. The summed E-state index contributed by atoms with van der Waals surface area (Å²) in [7, 11) is -4.39. The summed E-state index contributed by atoms with van der Waals surface area (Å²) in [4.78, 5) is 35.0. The molecule has 0 saturated carbocycles. The first kappa shape index (κ1) is 57.0. The predicted molar refractivity (Wildman–Crippen MR) is 247 cm³/mol. The third kappa shape index (κ3) is 45.3. The Morgan fingerprint density at radius 2 is 0.932 bits per heavy atom. The van der Waals surface area contributed by atoms with Gasteiger partial charge in [-0.25, -0.2) is 4.57 Å². The molecule has 9 nitrogen and oxygen atoms in total. The van der Waals surface area contributed by atoms with Gasteiger partial charge in [-0.3, -0.25) is 18.6 Å². The second-order valence-electron chi connectivity index (χ2n) is 16.0. The van der Waals surface area contributed by atoms with Crippen LogP contribution in [-0.4, -0.2) is 49.3 Å². The van der Waals surface area contributed by atoms with Crippen LogP contribution in [0.5, 0.6) is 0 Å². The first-order chi connectivity index (χ1) is 28.8. The van der Waals surface area contributed by atoms with E-state index in [0.717, 1.165) is 64.2 Å². The summed E-state index contributed by atoms with van der Waals surface area (Å²) in [5, 5.41) is 0. The highest BCUT2D eigenvalue weighted by Gasteiger charge is 2.26. The fourth-order valence-electron chi connectivity index (χ4n) is 6.69. The van der Waals surface area contributed by atoms with Gasteiger partial charge in [-0.2, -0.15) is 0 Å². The van der Waals surface area contributed by atoms with Gasteiger partial charge in [0.25, 0.3) is 0 Å². The molecule has 0 fully saturated rings. The molecule has 344 valence electrons. The van der Waals surface area contributed by atoms with Crippen LogP contribution in [0.25, 0.3) is 0 Å². The monoisotopic (exact) mass is 852 g/mol. The largest absolute Gasteiger partial charge is 0.472 e. The van der Waals surface area contributed by atoms with Crippen molar-refractivity contribution in [2.45, 2.75) is 225 Å². The van der Waals surface area contributed by atoms with Crippen LogP contribution < -0.4 is 5.73 Å². The number of carbonyl (C=O) groups is 2. The number of nitrogens with two attached hydrogens (primary N) is 1. The first-order valence-electron chi connectivity index (χ1n) is 24.1. The highest BCUT2D eigenvalue weighted by atomic mass is 31.2. The maximum Gasteiger partial charge on any atom is 0.472 e. The summed E-state index contributed by atoms with van der Waals surface area (Å²) in [6, 6.07) is 0. The van der Waals surface area contributed by atoms with Crippen molar-refractivity contribution in [2.75, 3.05) is 26.4 Å². The Hall–Kier alpha value is -2.03. The Morgan fingerprint density at radius 1 is 0.525 bits per heavy atom. The van der Waals surface area contributed by atoms with Crippen LogP contribution in [0.1, 0.15) is 219 Å². The molecular formula is C49H90NO8P. The van der Waals surface area contributed by atoms with E-state index in [4.69, 9.17) is 24.3 Å². The Balaban J connectivity index is 4.09. The van der Waals surface area contributed by atoms with Gasteiger partial charge in [0, 0.05) is 19.4 Å². The van der Waals surface area contributed by atoms with Crippen LogP contribution in [0.4, 0.5) is 0 Å². The minimum Gasteiger partial charge on any atom is -0.462 e. The van der Waals surface area contributed by atoms with Gasteiger partial charge in [0.05, 0.1) is 13.2 Å². The van der Waals surface area contributed by atoms with Gasteiger partial charge in [0.2, 0.25) is 0 Å². The summed E-state index contributed by atoms with van der Waals surface area (Å²) >= 11 is 0. The summed E-state index contributed by atoms with van der Waals surface area (Å²) in [6.45, 7) is 3.62. The van der Waals surface area contributed by atoms with E-state index in [1.807, 2.05) is 0 Å². The van der Waals surface area contributed by atoms with Gasteiger partial charge in [0.1, 0.15) is 6.61 Å². The lowest BCUT2D eigenvalue weighted by atomic mass is 10.0. The zero-order chi connectivity index (χ0) is 43.2. The minimum absolute atomic E-state index is 0.0495. The van der Waals surface area contributed by atoms with Crippen molar-refractivity contribution in [1.82, 2.24) is 0 Å². The van der Waals surface area contributed by atoms with Crippen LogP contribution in [-0.2, 0) is 32.7 Å². The Kier molecular flexibility index (Phi) is 43.9. The molecule has 0 heterocycles. The predicted octanol–water partition coefficient (Wildman–Crippen LogP) is 14.3. The second kappa shape index (κ2) is 45.5. The standard InChI is InChI=1S/C49H90NO8P/c1-3-5-7-9-11-13-15-17-19-21-22-23-24-26-28-30-32-34-36-38-40-42-49(52)58-47(46-57-59(53,54)56-44-43-50)45-55-48(51)41-39-37-35-33-31-29-27-25-20-18-16-14-12-10-8-6-4-2/h6,8,12,14,18,20,27,29,47H,3-5,7,9-11,13,15-17,19,21-26,28,30-46,50H2,1-2H3,(H,53,54)/b8-6-,14-12-,20-18-,29-27-/t47-/m1/s1. The molecule has 0 rings (SSSR count). The van der Waals surface area contributed by atoms with Gasteiger partial charge in [0.15, 0.2) is 6.10 Å². The zero-order valence-electron chi connectivity index (χ0n) is 38.0. The first-order valence-corrected chi connectivity index (χ1v) is 25.6. The number of hydrogen-bond acceptors (Lipinski definition) is 8. The van der Waals surface area contributed by atoms with Crippen LogP contribution in [0, 0.1) is 0 Å². The van der Waals surface area contributed by atoms with Gasteiger partial charge in [-0.05, 0) is 51.4 Å². The molecule has 0 aliphatic rings. The molecule has 0 aliphatic heterocycles. The summed E-state index contributed by atoms with van der Waals surface area (Å²) in [6.07, 6.45) is 52.9. The molecule has 0 spiro atoms. The van der Waals surface area contributed by atoms with Crippen molar-refractivity contribution in [3.8, 4) is 0 Å². The number of esters is 2. The average molecular weight is 852 g/mol. The van der Waals surface area contributed by atoms with E-state index in [9.17, 15) is 19.0 Å². The van der Waals surface area contributed by atoms with E-state index < -0.39 is 32.5 Å². The summed E-state index contributed by atoms with van der Waals surface area (Å²) < 4.78 is 32.9. The van der Waals surface area contributed by atoms with E-state index >= 15 is 0 Å². The van der Waals surface area contributed by atoms with Crippen molar-refractivity contribution < 1.29 is 37.6 Å². The van der Waals surface area contributed by atoms with Crippen molar-refractivity contribution in [2.24, 2.45) is 5.73 Å². The maximum absolute atomic E-state index is 12.6. The highest BCUT2D eigenvalue weighted by Crippen LogP contribution is 2.43. The van der Waals surface area contributed by atoms with E-state index in [2.05, 4.69) is 62.5 Å². The van der Waals surface area contributed by atoms with Crippen LogP contribution in [0.3, 0.4) is 0 Å². The van der Waals surface area contributed by atoms with Crippen molar-refractivity contribution >= 4 is 19.8 Å². The van der Waals surface area contributed by atoms with E-state index in [-0.39, 0.29) is 32.6 Å². The smallest absolute Gasteiger partial charge is 0.462 e. The topological polar surface area (TPSA) is 134 Å². The highest BCUT2D eigenvalue weighted by molar-refractivity contribution is 7.47. The Labute approximate surface area is 362 Å². The third-order valence-electron chi connectivity index (χ3n) is 10.2. The molecule has 0 saturated heterocycles. The number of hydrogen-bond donors (Lipinski definition) is 2. The number of rotatable bonds is 45. The fraction of sp³-hybridized carbons (Fsp3) is 0.796. The van der Waals surface area contributed by atoms with E-state index in [0.29, 0.717) is 12.8 Å². The normalized spacial score (nSPS) is 13.6. The van der Waals surface area contributed by atoms with Crippen molar-refractivity contribution in [3.63, 3.8) is 0 Å². The van der Waals surface area contributed by atoms with Crippen LogP contribution in [0.2, 0.25) is 0 Å². The maximum atomic E-state index is 12.6. The molecule has 1 unspecified atom stereocenters. The molecule has 10 heteroatoms. The van der Waals surface area contributed by atoms with E-state index in [1.165, 1.54) is 116 Å². The lowest BCUT2D eigenvalue weighted by Gasteiger charge is -2.19. The number of phosphoric acid groups is 1. The van der Waals surface area contributed by atoms with Crippen LogP contribution >= 0.6 is 7.82 Å².